The van der Waals surface area contributed by atoms with Crippen LogP contribution < -0.4 is 15.6 Å². The van der Waals surface area contributed by atoms with Gasteiger partial charge in [0.15, 0.2) is 12.4 Å². The average molecular weight is 607 g/mol. The maximum atomic E-state index is 13.6. The van der Waals surface area contributed by atoms with Crippen molar-refractivity contribution in [1.82, 2.24) is 9.66 Å². The summed E-state index contributed by atoms with van der Waals surface area (Å²) in [7, 11) is 0. The van der Waals surface area contributed by atoms with Crippen molar-refractivity contribution in [3.63, 3.8) is 0 Å². The number of carbonyl (C=O) groups is 1. The fourth-order valence-electron chi connectivity index (χ4n) is 4.33. The highest BCUT2D eigenvalue weighted by Crippen LogP contribution is 2.27. The van der Waals surface area contributed by atoms with Crippen LogP contribution in [-0.4, -0.2) is 28.4 Å². The second-order valence-electron chi connectivity index (χ2n) is 9.35. The van der Waals surface area contributed by atoms with Crippen molar-refractivity contribution in [1.29, 1.82) is 0 Å². The molecular formula is C32H23BrN4O4. The molecule has 41 heavy (non-hydrogen) atoms. The summed E-state index contributed by atoms with van der Waals surface area (Å²) in [5.41, 5.74) is 3.19. The molecule has 0 aliphatic carbocycles. The first-order valence-corrected chi connectivity index (χ1v) is 13.6. The van der Waals surface area contributed by atoms with Crippen LogP contribution in [0.2, 0.25) is 0 Å². The van der Waals surface area contributed by atoms with Gasteiger partial charge in [0.25, 0.3) is 11.5 Å². The van der Waals surface area contributed by atoms with Gasteiger partial charge < -0.3 is 14.5 Å². The van der Waals surface area contributed by atoms with Gasteiger partial charge in [0.2, 0.25) is 5.82 Å². The molecule has 0 fully saturated rings. The molecule has 9 heteroatoms. The molecule has 4 aromatic carbocycles. The largest absolute Gasteiger partial charge is 0.483 e. The molecule has 1 amide bonds. The predicted octanol–water partition coefficient (Wildman–Crippen LogP) is 6.78. The van der Waals surface area contributed by atoms with Gasteiger partial charge in [-0.3, -0.25) is 9.59 Å². The molecule has 0 aliphatic heterocycles. The van der Waals surface area contributed by atoms with E-state index in [1.165, 1.54) is 10.9 Å². The molecule has 0 aliphatic rings. The number of nitrogens with one attached hydrogen (secondary N) is 1. The van der Waals surface area contributed by atoms with Gasteiger partial charge in [-0.15, -0.1) is 0 Å². The summed E-state index contributed by atoms with van der Waals surface area (Å²) in [6.45, 7) is 1.77. The van der Waals surface area contributed by atoms with Gasteiger partial charge in [0.1, 0.15) is 11.3 Å². The van der Waals surface area contributed by atoms with Gasteiger partial charge in [0.05, 0.1) is 17.1 Å². The summed E-state index contributed by atoms with van der Waals surface area (Å²) in [6, 6.07) is 29.3. The lowest BCUT2D eigenvalue weighted by Crippen LogP contribution is -2.21. The Hall–Kier alpha value is -5.02. The molecule has 0 unspecified atom stereocenters. The summed E-state index contributed by atoms with van der Waals surface area (Å²) in [4.78, 5) is 30.8. The van der Waals surface area contributed by atoms with Crippen LogP contribution in [0.3, 0.4) is 0 Å². The number of aryl methyl sites for hydroxylation is 1. The number of anilines is 1. The molecule has 202 valence electrons. The van der Waals surface area contributed by atoms with Gasteiger partial charge in [-0.1, -0.05) is 64.0 Å². The summed E-state index contributed by atoms with van der Waals surface area (Å²) in [5, 5.41) is 8.65. The Balaban J connectivity index is 1.34. The lowest BCUT2D eigenvalue weighted by Gasteiger charge is -2.11. The zero-order valence-corrected chi connectivity index (χ0v) is 23.5. The van der Waals surface area contributed by atoms with E-state index < -0.39 is 0 Å². The molecule has 6 aromatic rings. The van der Waals surface area contributed by atoms with Crippen LogP contribution in [0.25, 0.3) is 33.5 Å². The molecule has 0 bridgehead atoms. The van der Waals surface area contributed by atoms with Crippen LogP contribution >= 0.6 is 15.9 Å². The minimum atomic E-state index is -0.350. The van der Waals surface area contributed by atoms with Crippen molar-refractivity contribution in [2.24, 2.45) is 5.10 Å². The van der Waals surface area contributed by atoms with E-state index >= 15 is 0 Å². The maximum absolute atomic E-state index is 13.6. The highest BCUT2D eigenvalue weighted by molar-refractivity contribution is 9.10. The van der Waals surface area contributed by atoms with Gasteiger partial charge in [-0.25, -0.2) is 4.98 Å². The third-order valence-electron chi connectivity index (χ3n) is 6.38. The first-order valence-electron chi connectivity index (χ1n) is 12.8. The monoisotopic (exact) mass is 606 g/mol. The molecule has 0 radical (unpaired) electrons. The molecule has 8 nitrogen and oxygen atoms in total. The molecule has 6 rings (SSSR count). The van der Waals surface area contributed by atoms with Gasteiger partial charge in [0, 0.05) is 21.1 Å². The normalized spacial score (nSPS) is 11.4. The number of aromatic nitrogens is 2. The Morgan fingerprint density at radius 2 is 1.80 bits per heavy atom. The maximum Gasteiger partial charge on any atom is 0.282 e. The summed E-state index contributed by atoms with van der Waals surface area (Å²) < 4.78 is 13.9. The SMILES string of the molecule is Cc1ccc(NC(=O)COc2ccc(Br)cc2C=Nn2c(-c3cc4ccccc4o3)nc3ccccc3c2=O)cc1. The fraction of sp³-hybridized carbons (Fsp3) is 0.0625. The third-order valence-corrected chi connectivity index (χ3v) is 6.87. The Morgan fingerprint density at radius 3 is 2.63 bits per heavy atom. The van der Waals surface area contributed by atoms with Crippen LogP contribution in [0.15, 0.2) is 116 Å². The number of halogens is 1. The number of ether oxygens (including phenoxy) is 1. The molecule has 2 heterocycles. The van der Waals surface area contributed by atoms with Crippen molar-refractivity contribution in [2.45, 2.75) is 6.92 Å². The Labute approximate surface area is 243 Å². The second kappa shape index (κ2) is 11.2. The lowest BCUT2D eigenvalue weighted by molar-refractivity contribution is -0.118. The Kier molecular flexibility index (Phi) is 7.18. The lowest BCUT2D eigenvalue weighted by atomic mass is 10.2. The van der Waals surface area contributed by atoms with Crippen LogP contribution in [0.1, 0.15) is 11.1 Å². The highest BCUT2D eigenvalue weighted by atomic mass is 79.9. The van der Waals surface area contributed by atoms with Crippen molar-refractivity contribution in [3.8, 4) is 17.3 Å². The van der Waals surface area contributed by atoms with Crippen molar-refractivity contribution in [3.05, 3.63) is 123 Å². The van der Waals surface area contributed by atoms with Crippen LogP contribution in [0.4, 0.5) is 5.69 Å². The molecular weight excluding hydrogens is 584 g/mol. The summed E-state index contributed by atoms with van der Waals surface area (Å²) in [5.74, 6) is 0.783. The van der Waals surface area contributed by atoms with E-state index in [4.69, 9.17) is 14.1 Å². The zero-order chi connectivity index (χ0) is 28.3. The molecule has 0 saturated carbocycles. The number of hydrogen-bond donors (Lipinski definition) is 1. The van der Waals surface area contributed by atoms with E-state index in [2.05, 4.69) is 26.3 Å². The number of fused-ring (bicyclic) bond motifs is 2. The van der Waals surface area contributed by atoms with Crippen LogP contribution in [-0.2, 0) is 4.79 Å². The smallest absolute Gasteiger partial charge is 0.282 e. The highest BCUT2D eigenvalue weighted by Gasteiger charge is 2.17. The number of amides is 1. The van der Waals surface area contributed by atoms with E-state index in [1.54, 1.807) is 36.4 Å². The van der Waals surface area contributed by atoms with E-state index in [-0.39, 0.29) is 23.9 Å². The molecule has 0 spiro atoms. The number of rotatable bonds is 7. The first kappa shape index (κ1) is 26.2. The standard InChI is InChI=1S/C32H23BrN4O4/c1-20-10-13-24(14-11-20)35-30(38)19-40-27-15-12-23(33)16-22(27)18-34-37-31(29-17-21-6-2-5-9-28(21)41-29)36-26-8-4-3-7-25(26)32(37)39/h2-18H,19H2,1H3,(H,35,38). The van der Waals surface area contributed by atoms with E-state index in [9.17, 15) is 9.59 Å². The zero-order valence-electron chi connectivity index (χ0n) is 21.9. The summed E-state index contributed by atoms with van der Waals surface area (Å²) >= 11 is 3.48. The van der Waals surface area contributed by atoms with Gasteiger partial charge in [-0.05, 0) is 61.5 Å². The van der Waals surface area contributed by atoms with Crippen LogP contribution in [0.5, 0.6) is 5.75 Å². The topological polar surface area (TPSA) is 98.7 Å². The quantitative estimate of drug-likeness (QED) is 0.202. The number of carbonyl (C=O) groups excluding carboxylic acids is 1. The van der Waals surface area contributed by atoms with Gasteiger partial charge >= 0.3 is 0 Å². The van der Waals surface area contributed by atoms with Crippen molar-refractivity contribution < 1.29 is 13.9 Å². The van der Waals surface area contributed by atoms with Crippen molar-refractivity contribution in [2.75, 3.05) is 11.9 Å². The predicted molar refractivity (Wildman–Crippen MR) is 164 cm³/mol. The summed E-state index contributed by atoms with van der Waals surface area (Å²) in [6.07, 6.45) is 1.50. The number of benzene rings is 4. The number of para-hydroxylation sites is 2. The fourth-order valence-corrected chi connectivity index (χ4v) is 4.71. The molecule has 1 N–H and O–H groups in total. The first-order chi connectivity index (χ1) is 19.9. The minimum absolute atomic E-state index is 0.210. The number of nitrogens with zero attached hydrogens (tertiary/aromatic N) is 3. The van der Waals surface area contributed by atoms with Gasteiger partial charge in [-0.2, -0.15) is 9.78 Å². The van der Waals surface area contributed by atoms with E-state index in [0.717, 1.165) is 15.4 Å². The molecule has 2 aromatic heterocycles. The second-order valence-corrected chi connectivity index (χ2v) is 10.3. The van der Waals surface area contributed by atoms with E-state index in [0.29, 0.717) is 39.2 Å². The third kappa shape index (κ3) is 5.66. The molecule has 0 atom stereocenters. The van der Waals surface area contributed by atoms with Crippen molar-refractivity contribution >= 4 is 55.6 Å². The number of hydrogen-bond acceptors (Lipinski definition) is 6. The Bertz CT molecular complexity index is 1960. The van der Waals surface area contributed by atoms with E-state index in [1.807, 2.05) is 67.6 Å². The van der Waals surface area contributed by atoms with Crippen LogP contribution in [0, 0.1) is 6.92 Å². The number of furan rings is 1. The minimum Gasteiger partial charge on any atom is -0.483 e. The molecule has 0 saturated heterocycles. The Morgan fingerprint density at radius 1 is 1.02 bits per heavy atom. The average Bonchev–Trinajstić information content (AvgIpc) is 3.42.